The minimum Gasteiger partial charge on any atom is -0.354 e. The SMILES string of the molecule is CCC(=O)NCCN(CCc1ccccc1F)C(C)=O. The van der Waals surface area contributed by atoms with Crippen LogP contribution in [0.25, 0.3) is 0 Å². The lowest BCUT2D eigenvalue weighted by molar-refractivity contribution is -0.129. The van der Waals surface area contributed by atoms with E-state index < -0.39 is 0 Å². The molecule has 2 amide bonds. The summed E-state index contributed by atoms with van der Waals surface area (Å²) in [7, 11) is 0. The van der Waals surface area contributed by atoms with E-state index in [1.807, 2.05) is 0 Å². The minimum atomic E-state index is -0.254. The molecule has 4 nitrogen and oxygen atoms in total. The summed E-state index contributed by atoms with van der Waals surface area (Å²) in [6.45, 7) is 4.55. The Balaban J connectivity index is 2.45. The maximum atomic E-state index is 13.5. The fraction of sp³-hybridized carbons (Fsp3) is 0.467. The molecule has 0 bridgehead atoms. The number of carbonyl (C=O) groups is 2. The highest BCUT2D eigenvalue weighted by Crippen LogP contribution is 2.07. The van der Waals surface area contributed by atoms with Crippen LogP contribution in [0.15, 0.2) is 24.3 Å². The normalized spacial score (nSPS) is 10.2. The zero-order valence-corrected chi connectivity index (χ0v) is 12.0. The topological polar surface area (TPSA) is 49.4 Å². The van der Waals surface area contributed by atoms with Crippen LogP contribution in [-0.4, -0.2) is 36.3 Å². The maximum absolute atomic E-state index is 13.5. The Morgan fingerprint density at radius 2 is 1.95 bits per heavy atom. The molecule has 1 aromatic rings. The predicted molar refractivity (Wildman–Crippen MR) is 75.7 cm³/mol. The third kappa shape index (κ3) is 5.38. The van der Waals surface area contributed by atoms with Crippen LogP contribution in [0.2, 0.25) is 0 Å². The number of carbonyl (C=O) groups excluding carboxylic acids is 2. The number of halogens is 1. The second-order valence-electron chi connectivity index (χ2n) is 4.55. The van der Waals surface area contributed by atoms with E-state index in [-0.39, 0.29) is 17.6 Å². The van der Waals surface area contributed by atoms with Gasteiger partial charge in [0.2, 0.25) is 11.8 Å². The molecule has 1 rings (SSSR count). The fourth-order valence-electron chi connectivity index (χ4n) is 1.84. The van der Waals surface area contributed by atoms with Gasteiger partial charge < -0.3 is 10.2 Å². The highest BCUT2D eigenvalue weighted by Gasteiger charge is 2.10. The van der Waals surface area contributed by atoms with Crippen molar-refractivity contribution in [3.05, 3.63) is 35.6 Å². The Morgan fingerprint density at radius 3 is 2.55 bits per heavy atom. The van der Waals surface area contributed by atoms with Gasteiger partial charge >= 0.3 is 0 Å². The lowest BCUT2D eigenvalue weighted by Gasteiger charge is -2.21. The molecule has 0 aromatic heterocycles. The second kappa shape index (κ2) is 8.30. The first kappa shape index (κ1) is 16.1. The number of nitrogens with one attached hydrogen (secondary N) is 1. The fourth-order valence-corrected chi connectivity index (χ4v) is 1.84. The standard InChI is InChI=1S/C15H21FN2O2/c1-3-15(20)17-9-11-18(12(2)19)10-8-13-6-4-5-7-14(13)16/h4-7H,3,8-11H2,1-2H3,(H,17,20). The lowest BCUT2D eigenvalue weighted by atomic mass is 10.1. The lowest BCUT2D eigenvalue weighted by Crippen LogP contribution is -2.38. The third-order valence-electron chi connectivity index (χ3n) is 3.08. The van der Waals surface area contributed by atoms with Crippen molar-refractivity contribution >= 4 is 11.8 Å². The van der Waals surface area contributed by atoms with Gasteiger partial charge in [0.1, 0.15) is 5.82 Å². The summed E-state index contributed by atoms with van der Waals surface area (Å²) in [6, 6.07) is 6.54. The number of amides is 2. The molecule has 110 valence electrons. The molecule has 1 N–H and O–H groups in total. The Hall–Kier alpha value is -1.91. The summed E-state index contributed by atoms with van der Waals surface area (Å²) in [5.74, 6) is -0.370. The van der Waals surface area contributed by atoms with E-state index >= 15 is 0 Å². The molecule has 0 radical (unpaired) electrons. The highest BCUT2D eigenvalue weighted by molar-refractivity contribution is 5.76. The molecule has 1 aromatic carbocycles. The molecule has 0 atom stereocenters. The maximum Gasteiger partial charge on any atom is 0.219 e. The van der Waals surface area contributed by atoms with Crippen molar-refractivity contribution in [3.63, 3.8) is 0 Å². The van der Waals surface area contributed by atoms with Crippen LogP contribution in [0.4, 0.5) is 4.39 Å². The number of hydrogen-bond donors (Lipinski definition) is 1. The molecule has 0 aliphatic carbocycles. The van der Waals surface area contributed by atoms with Crippen LogP contribution in [0.5, 0.6) is 0 Å². The summed E-state index contributed by atoms with van der Waals surface area (Å²) >= 11 is 0. The molecular weight excluding hydrogens is 259 g/mol. The van der Waals surface area contributed by atoms with Crippen LogP contribution in [0.1, 0.15) is 25.8 Å². The van der Waals surface area contributed by atoms with Gasteiger partial charge in [-0.25, -0.2) is 4.39 Å². The summed E-state index contributed by atoms with van der Waals surface area (Å²) in [4.78, 5) is 24.3. The van der Waals surface area contributed by atoms with Gasteiger partial charge in [-0.05, 0) is 18.1 Å². The Bertz CT molecular complexity index is 463. The van der Waals surface area contributed by atoms with Crippen LogP contribution >= 0.6 is 0 Å². The highest BCUT2D eigenvalue weighted by atomic mass is 19.1. The molecule has 0 aliphatic heterocycles. The van der Waals surface area contributed by atoms with Gasteiger partial charge in [0.05, 0.1) is 0 Å². The first-order chi connectivity index (χ1) is 9.54. The van der Waals surface area contributed by atoms with Gasteiger partial charge in [-0.15, -0.1) is 0 Å². The van der Waals surface area contributed by atoms with Gasteiger partial charge in [0.15, 0.2) is 0 Å². The minimum absolute atomic E-state index is 0.0393. The van der Waals surface area contributed by atoms with Crippen molar-refractivity contribution in [3.8, 4) is 0 Å². The van der Waals surface area contributed by atoms with Crippen LogP contribution in [0.3, 0.4) is 0 Å². The number of rotatable bonds is 7. The number of benzene rings is 1. The van der Waals surface area contributed by atoms with Crippen molar-refractivity contribution in [1.82, 2.24) is 10.2 Å². The van der Waals surface area contributed by atoms with Gasteiger partial charge in [0, 0.05) is 33.0 Å². The van der Waals surface area contributed by atoms with Gasteiger partial charge in [0.25, 0.3) is 0 Å². The van der Waals surface area contributed by atoms with E-state index in [1.165, 1.54) is 13.0 Å². The Labute approximate surface area is 119 Å². The first-order valence-corrected chi connectivity index (χ1v) is 6.80. The molecule has 5 heteroatoms. The molecule has 0 saturated heterocycles. The van der Waals surface area contributed by atoms with Crippen molar-refractivity contribution < 1.29 is 14.0 Å². The molecule has 0 unspecified atom stereocenters. The van der Waals surface area contributed by atoms with Crippen LogP contribution in [0, 0.1) is 5.82 Å². The van der Waals surface area contributed by atoms with Crippen molar-refractivity contribution in [2.45, 2.75) is 26.7 Å². The van der Waals surface area contributed by atoms with E-state index in [2.05, 4.69) is 5.32 Å². The van der Waals surface area contributed by atoms with E-state index in [1.54, 1.807) is 30.0 Å². The Morgan fingerprint density at radius 1 is 1.25 bits per heavy atom. The summed E-state index contributed by atoms with van der Waals surface area (Å²) in [6.07, 6.45) is 0.892. The monoisotopic (exact) mass is 280 g/mol. The summed E-state index contributed by atoms with van der Waals surface area (Å²) in [5, 5.41) is 2.72. The summed E-state index contributed by atoms with van der Waals surface area (Å²) < 4.78 is 13.5. The predicted octanol–water partition coefficient (Wildman–Crippen LogP) is 1.74. The zero-order chi connectivity index (χ0) is 15.0. The number of nitrogens with zero attached hydrogens (tertiary/aromatic N) is 1. The molecular formula is C15H21FN2O2. The van der Waals surface area contributed by atoms with Crippen LogP contribution < -0.4 is 5.32 Å². The van der Waals surface area contributed by atoms with Crippen molar-refractivity contribution in [1.29, 1.82) is 0 Å². The average Bonchev–Trinajstić information content (AvgIpc) is 2.43. The molecule has 0 heterocycles. The first-order valence-electron chi connectivity index (χ1n) is 6.80. The van der Waals surface area contributed by atoms with Crippen molar-refractivity contribution in [2.75, 3.05) is 19.6 Å². The average molecular weight is 280 g/mol. The van der Waals surface area contributed by atoms with E-state index in [0.29, 0.717) is 38.0 Å². The van der Waals surface area contributed by atoms with Crippen LogP contribution in [-0.2, 0) is 16.0 Å². The Kier molecular flexibility index (Phi) is 6.70. The third-order valence-corrected chi connectivity index (χ3v) is 3.08. The largest absolute Gasteiger partial charge is 0.354 e. The smallest absolute Gasteiger partial charge is 0.219 e. The van der Waals surface area contributed by atoms with E-state index in [4.69, 9.17) is 0 Å². The van der Waals surface area contributed by atoms with Crippen molar-refractivity contribution in [2.24, 2.45) is 0 Å². The molecule has 20 heavy (non-hydrogen) atoms. The van der Waals surface area contributed by atoms with Gasteiger partial charge in [-0.3, -0.25) is 9.59 Å². The zero-order valence-electron chi connectivity index (χ0n) is 12.0. The van der Waals surface area contributed by atoms with Gasteiger partial charge in [-0.1, -0.05) is 25.1 Å². The molecule has 0 spiro atoms. The molecule has 0 saturated carbocycles. The number of hydrogen-bond acceptors (Lipinski definition) is 2. The quantitative estimate of drug-likeness (QED) is 0.827. The van der Waals surface area contributed by atoms with Gasteiger partial charge in [-0.2, -0.15) is 0 Å². The van der Waals surface area contributed by atoms with E-state index in [9.17, 15) is 14.0 Å². The molecule has 0 aliphatic rings. The van der Waals surface area contributed by atoms with E-state index in [0.717, 1.165) is 0 Å². The molecule has 0 fully saturated rings. The second-order valence-corrected chi connectivity index (χ2v) is 4.55. The summed E-state index contributed by atoms with van der Waals surface area (Å²) in [5.41, 5.74) is 0.594.